The first kappa shape index (κ1) is 19.8. The second-order valence-corrected chi connectivity index (χ2v) is 7.12. The van der Waals surface area contributed by atoms with Crippen molar-refractivity contribution in [2.75, 3.05) is 0 Å². The Bertz CT molecular complexity index is 880. The van der Waals surface area contributed by atoms with E-state index in [-0.39, 0.29) is 34.1 Å². The van der Waals surface area contributed by atoms with Crippen molar-refractivity contribution in [2.45, 2.75) is 31.4 Å². The summed E-state index contributed by atoms with van der Waals surface area (Å²) >= 11 is 0. The number of benzene rings is 3. The largest absolute Gasteiger partial charge is 0.508 e. The highest BCUT2D eigenvalue weighted by Gasteiger charge is 2.58. The van der Waals surface area contributed by atoms with Crippen molar-refractivity contribution in [3.63, 3.8) is 0 Å². The Kier molecular flexibility index (Phi) is 5.11. The Morgan fingerprint density at radius 3 is 1.21 bits per heavy atom. The lowest BCUT2D eigenvalue weighted by Crippen LogP contribution is -2.44. The highest BCUT2D eigenvalue weighted by molar-refractivity contribution is 5.54. The lowest BCUT2D eigenvalue weighted by Gasteiger charge is -2.37. The molecule has 28 heavy (non-hydrogen) atoms. The molecule has 3 aromatic carbocycles. The Labute approximate surface area is 161 Å². The molecule has 0 bridgehead atoms. The third-order valence-corrected chi connectivity index (χ3v) is 5.04. The van der Waals surface area contributed by atoms with E-state index in [0.29, 0.717) is 0 Å². The molecule has 0 aliphatic heterocycles. The lowest BCUT2D eigenvalue weighted by atomic mass is 9.68. The first-order valence-electron chi connectivity index (χ1n) is 8.92. The first-order chi connectivity index (χ1) is 13.2. The smallest absolute Gasteiger partial charge is 0.406 e. The van der Waals surface area contributed by atoms with E-state index in [1.165, 1.54) is 60.7 Å². The molecule has 0 radical (unpaired) electrons. The maximum absolute atomic E-state index is 14.8. The van der Waals surface area contributed by atoms with E-state index in [2.05, 4.69) is 0 Å². The average Bonchev–Trinajstić information content (AvgIpc) is 2.64. The Morgan fingerprint density at radius 1 is 0.607 bits per heavy atom. The molecule has 0 atom stereocenters. The van der Waals surface area contributed by atoms with Crippen LogP contribution in [-0.2, 0) is 5.41 Å². The number of phenolic OH excluding ortho intramolecular Hbond substituents is 2. The van der Waals surface area contributed by atoms with Crippen LogP contribution in [0.1, 0.15) is 42.0 Å². The molecule has 0 spiro atoms. The van der Waals surface area contributed by atoms with Crippen molar-refractivity contribution in [3.05, 3.63) is 95.1 Å². The van der Waals surface area contributed by atoms with E-state index in [1.807, 2.05) is 13.8 Å². The van der Waals surface area contributed by atoms with Gasteiger partial charge in [0.05, 0.1) is 0 Å². The van der Waals surface area contributed by atoms with Gasteiger partial charge in [-0.15, -0.1) is 0 Å². The fourth-order valence-corrected chi connectivity index (χ4v) is 3.53. The van der Waals surface area contributed by atoms with Gasteiger partial charge in [-0.1, -0.05) is 62.4 Å². The van der Waals surface area contributed by atoms with Gasteiger partial charge in [-0.3, -0.25) is 0 Å². The molecular formula is C23H21F3O2. The summed E-state index contributed by atoms with van der Waals surface area (Å²) in [4.78, 5) is 0. The molecule has 3 rings (SSSR count). The summed E-state index contributed by atoms with van der Waals surface area (Å²) in [6.45, 7) is 3.96. The van der Waals surface area contributed by atoms with Crippen LogP contribution in [-0.4, -0.2) is 16.4 Å². The van der Waals surface area contributed by atoms with Gasteiger partial charge in [0.25, 0.3) is 0 Å². The summed E-state index contributed by atoms with van der Waals surface area (Å²) in [6.07, 6.45) is -4.67. The molecule has 0 amide bonds. The van der Waals surface area contributed by atoms with Gasteiger partial charge >= 0.3 is 6.18 Å². The van der Waals surface area contributed by atoms with Crippen molar-refractivity contribution in [3.8, 4) is 11.5 Å². The number of rotatable bonds is 4. The number of alkyl halides is 3. The molecule has 2 nitrogen and oxygen atoms in total. The van der Waals surface area contributed by atoms with Crippen molar-refractivity contribution in [1.29, 1.82) is 0 Å². The summed E-state index contributed by atoms with van der Waals surface area (Å²) in [5.74, 6) is -0.0296. The number of halogens is 3. The van der Waals surface area contributed by atoms with Gasteiger partial charge in [-0.2, -0.15) is 13.2 Å². The fourth-order valence-electron chi connectivity index (χ4n) is 3.53. The summed E-state index contributed by atoms with van der Waals surface area (Å²) in [5.41, 5.74) is -1.46. The molecule has 3 aromatic rings. The van der Waals surface area contributed by atoms with Gasteiger partial charge in [0.2, 0.25) is 0 Å². The molecule has 0 aromatic heterocycles. The van der Waals surface area contributed by atoms with E-state index in [9.17, 15) is 23.4 Å². The summed E-state index contributed by atoms with van der Waals surface area (Å²) < 4.78 is 44.3. The van der Waals surface area contributed by atoms with Gasteiger partial charge in [-0.25, -0.2) is 0 Å². The van der Waals surface area contributed by atoms with E-state index >= 15 is 0 Å². The molecule has 5 heteroatoms. The second kappa shape index (κ2) is 7.23. The van der Waals surface area contributed by atoms with Crippen LogP contribution in [0.4, 0.5) is 13.2 Å². The molecule has 146 valence electrons. The monoisotopic (exact) mass is 386 g/mol. The van der Waals surface area contributed by atoms with E-state index in [1.54, 1.807) is 12.1 Å². The minimum atomic E-state index is -4.67. The zero-order chi connectivity index (χ0) is 20.5. The quantitative estimate of drug-likeness (QED) is 0.531. The third kappa shape index (κ3) is 3.33. The topological polar surface area (TPSA) is 40.5 Å². The Morgan fingerprint density at radius 2 is 0.929 bits per heavy atom. The minimum absolute atomic E-state index is 0.0132. The fraction of sp³-hybridized carbons (Fsp3) is 0.217. The van der Waals surface area contributed by atoms with Crippen LogP contribution in [0.25, 0.3) is 0 Å². The molecule has 0 aliphatic rings. The van der Waals surface area contributed by atoms with Crippen LogP contribution in [0.5, 0.6) is 11.5 Å². The van der Waals surface area contributed by atoms with Crippen LogP contribution in [0.15, 0.2) is 72.8 Å². The Hall–Kier alpha value is -2.95. The molecule has 0 heterocycles. The molecule has 0 aliphatic carbocycles. The molecule has 0 fully saturated rings. The Balaban J connectivity index is 2.36. The predicted octanol–water partition coefficient (Wildman–Crippen LogP) is 6.12. The summed E-state index contributed by atoms with van der Waals surface area (Å²) in [6, 6.07) is 16.6. The van der Waals surface area contributed by atoms with Gasteiger partial charge in [-0.05, 0) is 52.4 Å². The normalized spacial score (nSPS) is 12.4. The van der Waals surface area contributed by atoms with Gasteiger partial charge in [0, 0.05) is 0 Å². The number of phenols is 2. The van der Waals surface area contributed by atoms with Crippen LogP contribution >= 0.6 is 0 Å². The lowest BCUT2D eigenvalue weighted by molar-refractivity contribution is -0.166. The molecule has 0 saturated heterocycles. The molecule has 0 saturated carbocycles. The van der Waals surface area contributed by atoms with Crippen LogP contribution in [0.2, 0.25) is 0 Å². The number of hydrogen-bond donors (Lipinski definition) is 2. The van der Waals surface area contributed by atoms with Crippen molar-refractivity contribution in [2.24, 2.45) is 0 Å². The number of aromatic hydroxyl groups is 2. The second-order valence-electron chi connectivity index (χ2n) is 7.12. The number of hydrogen-bond acceptors (Lipinski definition) is 2. The average molecular weight is 386 g/mol. The minimum Gasteiger partial charge on any atom is -0.508 e. The van der Waals surface area contributed by atoms with Gasteiger partial charge < -0.3 is 10.2 Å². The van der Waals surface area contributed by atoms with Gasteiger partial charge in [0.1, 0.15) is 16.9 Å². The zero-order valence-electron chi connectivity index (χ0n) is 15.5. The molecule has 2 N–H and O–H groups in total. The highest BCUT2D eigenvalue weighted by Crippen LogP contribution is 2.51. The molecule has 0 unspecified atom stereocenters. The maximum Gasteiger partial charge on any atom is 0.406 e. The standard InChI is InChI=1S/C23H21F3O2/c1-15(2)16-3-5-17(6-4-16)22(23(24,25)26,18-7-11-20(27)12-8-18)19-9-13-21(28)14-10-19/h3-15,27-28H,1-2H3. The van der Waals surface area contributed by atoms with Crippen molar-refractivity contribution in [1.82, 2.24) is 0 Å². The summed E-state index contributed by atoms with van der Waals surface area (Å²) in [5, 5.41) is 19.2. The van der Waals surface area contributed by atoms with E-state index in [4.69, 9.17) is 0 Å². The first-order valence-corrected chi connectivity index (χ1v) is 8.92. The van der Waals surface area contributed by atoms with Crippen LogP contribution in [0, 0.1) is 0 Å². The third-order valence-electron chi connectivity index (χ3n) is 5.04. The van der Waals surface area contributed by atoms with E-state index in [0.717, 1.165) is 5.56 Å². The van der Waals surface area contributed by atoms with Crippen LogP contribution < -0.4 is 0 Å². The predicted molar refractivity (Wildman–Crippen MR) is 103 cm³/mol. The summed E-state index contributed by atoms with van der Waals surface area (Å²) in [7, 11) is 0. The van der Waals surface area contributed by atoms with Crippen molar-refractivity contribution < 1.29 is 23.4 Å². The van der Waals surface area contributed by atoms with E-state index < -0.39 is 11.6 Å². The van der Waals surface area contributed by atoms with Crippen molar-refractivity contribution >= 4 is 0 Å². The maximum atomic E-state index is 14.8. The van der Waals surface area contributed by atoms with Crippen LogP contribution in [0.3, 0.4) is 0 Å². The van der Waals surface area contributed by atoms with Gasteiger partial charge in [0.15, 0.2) is 0 Å². The zero-order valence-corrected chi connectivity index (χ0v) is 15.5. The SMILES string of the molecule is CC(C)c1ccc(C(c2ccc(O)cc2)(c2ccc(O)cc2)C(F)(F)F)cc1. The molecular weight excluding hydrogens is 365 g/mol. The highest BCUT2D eigenvalue weighted by atomic mass is 19.4.